The van der Waals surface area contributed by atoms with Crippen LogP contribution in [-0.4, -0.2) is 67.8 Å². The van der Waals surface area contributed by atoms with Crippen molar-refractivity contribution < 1.29 is 4.74 Å². The number of nitrogens with one attached hydrogen (secondary N) is 1. The maximum atomic E-state index is 5.26. The van der Waals surface area contributed by atoms with Crippen LogP contribution in [0.4, 0.5) is 5.95 Å². The van der Waals surface area contributed by atoms with Crippen LogP contribution in [0, 0.1) is 5.92 Å². The number of methoxy groups -OCH3 is 1. The van der Waals surface area contributed by atoms with Crippen molar-refractivity contribution in [3.63, 3.8) is 0 Å². The molecule has 1 unspecified atom stereocenters. The minimum atomic E-state index is 0. The largest absolute Gasteiger partial charge is 0.480 e. The van der Waals surface area contributed by atoms with E-state index in [1.807, 2.05) is 0 Å². The summed E-state index contributed by atoms with van der Waals surface area (Å²) in [5.74, 6) is 2.17. The van der Waals surface area contributed by atoms with Crippen molar-refractivity contribution in [3.05, 3.63) is 10.7 Å². The zero-order valence-corrected chi connectivity index (χ0v) is 15.9. The standard InChI is InChI=1S/C15H24BrN5O.ClH/c1-22-14-13(16)10-18-15(19-14)21-7-5-20(6-8-21)11-12-3-2-4-17-9-12;/h10,12,17H,2-9,11H2,1H3;1H. The van der Waals surface area contributed by atoms with Gasteiger partial charge in [0, 0.05) is 32.7 Å². The Balaban J connectivity index is 0.00000192. The second-order valence-electron chi connectivity index (χ2n) is 6.03. The number of piperidine rings is 1. The van der Waals surface area contributed by atoms with Crippen molar-refractivity contribution in [2.24, 2.45) is 5.92 Å². The number of nitrogens with zero attached hydrogens (tertiary/aromatic N) is 4. The molecular formula is C15H25BrClN5O. The van der Waals surface area contributed by atoms with Crippen LogP contribution in [0.5, 0.6) is 5.88 Å². The van der Waals surface area contributed by atoms with E-state index < -0.39 is 0 Å². The number of ether oxygens (including phenoxy) is 1. The first-order valence-electron chi connectivity index (χ1n) is 8.01. The molecule has 1 aromatic rings. The average molecular weight is 407 g/mol. The van der Waals surface area contributed by atoms with Gasteiger partial charge in [0.15, 0.2) is 0 Å². The van der Waals surface area contributed by atoms with E-state index in [1.54, 1.807) is 13.3 Å². The van der Waals surface area contributed by atoms with Crippen molar-refractivity contribution in [1.29, 1.82) is 0 Å². The zero-order chi connectivity index (χ0) is 15.4. The lowest BCUT2D eigenvalue weighted by Crippen LogP contribution is -2.49. The van der Waals surface area contributed by atoms with E-state index in [2.05, 4.69) is 41.0 Å². The molecule has 0 aliphatic carbocycles. The van der Waals surface area contributed by atoms with Crippen molar-refractivity contribution in [3.8, 4) is 5.88 Å². The molecule has 2 aliphatic rings. The van der Waals surface area contributed by atoms with E-state index in [1.165, 1.54) is 32.5 Å². The molecule has 3 rings (SSSR count). The van der Waals surface area contributed by atoms with Gasteiger partial charge in [-0.15, -0.1) is 12.4 Å². The lowest BCUT2D eigenvalue weighted by molar-refractivity contribution is 0.198. The highest BCUT2D eigenvalue weighted by Gasteiger charge is 2.23. The molecule has 130 valence electrons. The van der Waals surface area contributed by atoms with Crippen LogP contribution in [-0.2, 0) is 0 Å². The fraction of sp³-hybridized carbons (Fsp3) is 0.733. The normalized spacial score (nSPS) is 22.5. The number of halogens is 2. The Hall–Kier alpha value is -0.630. The van der Waals surface area contributed by atoms with Crippen LogP contribution >= 0.6 is 28.3 Å². The number of hydrogen-bond donors (Lipinski definition) is 1. The molecule has 1 N–H and O–H groups in total. The van der Waals surface area contributed by atoms with Gasteiger partial charge in [0.2, 0.25) is 11.8 Å². The van der Waals surface area contributed by atoms with Gasteiger partial charge in [0.1, 0.15) is 0 Å². The Morgan fingerprint density at radius 2 is 2.13 bits per heavy atom. The summed E-state index contributed by atoms with van der Waals surface area (Å²) in [6.07, 6.45) is 4.44. The number of aromatic nitrogens is 2. The monoisotopic (exact) mass is 405 g/mol. The van der Waals surface area contributed by atoms with E-state index in [0.29, 0.717) is 5.88 Å². The molecule has 0 saturated carbocycles. The quantitative estimate of drug-likeness (QED) is 0.823. The summed E-state index contributed by atoms with van der Waals surface area (Å²) in [5, 5.41) is 3.50. The SMILES string of the molecule is COc1nc(N2CCN(CC3CCCNC3)CC2)ncc1Br.Cl. The first-order chi connectivity index (χ1) is 10.8. The minimum Gasteiger partial charge on any atom is -0.480 e. The van der Waals surface area contributed by atoms with E-state index in [9.17, 15) is 0 Å². The topological polar surface area (TPSA) is 53.5 Å². The number of hydrogen-bond acceptors (Lipinski definition) is 6. The molecular weight excluding hydrogens is 382 g/mol. The van der Waals surface area contributed by atoms with Crippen molar-refractivity contribution in [2.45, 2.75) is 12.8 Å². The summed E-state index contributed by atoms with van der Waals surface area (Å²) >= 11 is 3.40. The molecule has 2 saturated heterocycles. The Labute approximate surface area is 152 Å². The van der Waals surface area contributed by atoms with Crippen molar-refractivity contribution in [1.82, 2.24) is 20.2 Å². The smallest absolute Gasteiger partial charge is 0.232 e. The van der Waals surface area contributed by atoms with Gasteiger partial charge >= 0.3 is 0 Å². The zero-order valence-electron chi connectivity index (χ0n) is 13.5. The maximum Gasteiger partial charge on any atom is 0.232 e. The fourth-order valence-electron chi connectivity index (χ4n) is 3.21. The van der Waals surface area contributed by atoms with Gasteiger partial charge in [-0.3, -0.25) is 4.90 Å². The molecule has 1 aromatic heterocycles. The number of rotatable bonds is 4. The van der Waals surface area contributed by atoms with Crippen LogP contribution in [0.1, 0.15) is 12.8 Å². The van der Waals surface area contributed by atoms with Gasteiger partial charge in [-0.1, -0.05) is 0 Å². The summed E-state index contributed by atoms with van der Waals surface area (Å²) in [5.41, 5.74) is 0. The molecule has 0 amide bonds. The highest BCUT2D eigenvalue weighted by Crippen LogP contribution is 2.24. The summed E-state index contributed by atoms with van der Waals surface area (Å²) in [7, 11) is 1.63. The molecule has 3 heterocycles. The number of piperazine rings is 1. The highest BCUT2D eigenvalue weighted by molar-refractivity contribution is 9.10. The van der Waals surface area contributed by atoms with Crippen molar-refractivity contribution in [2.75, 3.05) is 57.8 Å². The first-order valence-corrected chi connectivity index (χ1v) is 8.80. The predicted octanol–water partition coefficient (Wildman–Crippen LogP) is 1.79. The Morgan fingerprint density at radius 3 is 2.78 bits per heavy atom. The number of anilines is 1. The van der Waals surface area contributed by atoms with Gasteiger partial charge in [0.25, 0.3) is 0 Å². The Bertz CT molecular complexity index is 493. The van der Waals surface area contributed by atoms with Crippen LogP contribution < -0.4 is 15.0 Å². The second kappa shape index (κ2) is 9.01. The van der Waals surface area contributed by atoms with Gasteiger partial charge in [0.05, 0.1) is 17.8 Å². The third-order valence-electron chi connectivity index (χ3n) is 4.46. The predicted molar refractivity (Wildman–Crippen MR) is 97.8 cm³/mol. The molecule has 23 heavy (non-hydrogen) atoms. The fourth-order valence-corrected chi connectivity index (χ4v) is 3.57. The summed E-state index contributed by atoms with van der Waals surface area (Å²) in [6, 6.07) is 0. The van der Waals surface area contributed by atoms with Crippen LogP contribution in [0.15, 0.2) is 10.7 Å². The van der Waals surface area contributed by atoms with Crippen LogP contribution in [0.3, 0.4) is 0 Å². The Kier molecular flexibility index (Phi) is 7.33. The molecule has 1 atom stereocenters. The van der Waals surface area contributed by atoms with E-state index >= 15 is 0 Å². The molecule has 0 radical (unpaired) electrons. The summed E-state index contributed by atoms with van der Waals surface area (Å²) in [4.78, 5) is 13.7. The molecule has 0 bridgehead atoms. The molecule has 8 heteroatoms. The molecule has 0 aromatic carbocycles. The van der Waals surface area contributed by atoms with E-state index in [-0.39, 0.29) is 12.4 Å². The maximum absolute atomic E-state index is 5.26. The molecule has 2 aliphatic heterocycles. The Morgan fingerprint density at radius 1 is 1.35 bits per heavy atom. The van der Waals surface area contributed by atoms with Gasteiger partial charge in [-0.25, -0.2) is 4.98 Å². The van der Waals surface area contributed by atoms with E-state index in [0.717, 1.165) is 42.5 Å². The molecule has 0 spiro atoms. The highest BCUT2D eigenvalue weighted by atomic mass is 79.9. The summed E-state index contributed by atoms with van der Waals surface area (Å²) in [6.45, 7) is 7.69. The van der Waals surface area contributed by atoms with Gasteiger partial charge < -0.3 is 15.0 Å². The van der Waals surface area contributed by atoms with Gasteiger partial charge in [-0.05, 0) is 47.8 Å². The van der Waals surface area contributed by atoms with Gasteiger partial charge in [-0.2, -0.15) is 4.98 Å². The lowest BCUT2D eigenvalue weighted by Gasteiger charge is -2.37. The third-order valence-corrected chi connectivity index (χ3v) is 5.01. The third kappa shape index (κ3) is 4.92. The minimum absolute atomic E-state index is 0. The summed E-state index contributed by atoms with van der Waals surface area (Å²) < 4.78 is 6.05. The lowest BCUT2D eigenvalue weighted by atomic mass is 9.99. The van der Waals surface area contributed by atoms with E-state index in [4.69, 9.17) is 4.74 Å². The molecule has 2 fully saturated rings. The van der Waals surface area contributed by atoms with Crippen LogP contribution in [0.2, 0.25) is 0 Å². The average Bonchev–Trinajstić information content (AvgIpc) is 2.57. The second-order valence-corrected chi connectivity index (χ2v) is 6.88. The van der Waals surface area contributed by atoms with Crippen LogP contribution in [0.25, 0.3) is 0 Å². The first kappa shape index (κ1) is 18.7. The molecule has 6 nitrogen and oxygen atoms in total. The van der Waals surface area contributed by atoms with Crippen molar-refractivity contribution >= 4 is 34.3 Å².